The summed E-state index contributed by atoms with van der Waals surface area (Å²) >= 11 is 5.71. The Bertz CT molecular complexity index is 537. The Morgan fingerprint density at radius 2 is 2.16 bits per heavy atom. The van der Waals surface area contributed by atoms with Crippen LogP contribution in [-0.4, -0.2) is 21.0 Å². The van der Waals surface area contributed by atoms with Gasteiger partial charge in [-0.05, 0) is 34.1 Å². The van der Waals surface area contributed by atoms with Gasteiger partial charge in [-0.25, -0.2) is 4.98 Å². The van der Waals surface area contributed by atoms with E-state index >= 15 is 0 Å². The van der Waals surface area contributed by atoms with E-state index in [2.05, 4.69) is 10.3 Å². The predicted molar refractivity (Wildman–Crippen MR) is 75.5 cm³/mol. The first-order valence-corrected chi connectivity index (χ1v) is 6.63. The maximum atomic E-state index is 12.2. The van der Waals surface area contributed by atoms with Crippen molar-refractivity contribution in [2.45, 2.75) is 52.6 Å². The Hall–Kier alpha value is -1.36. The van der Waals surface area contributed by atoms with E-state index in [1.807, 2.05) is 20.8 Å². The molecule has 1 rings (SSSR count). The molecule has 0 saturated heterocycles. The second-order valence-corrected chi connectivity index (χ2v) is 5.62. The van der Waals surface area contributed by atoms with Gasteiger partial charge in [-0.3, -0.25) is 14.2 Å². The van der Waals surface area contributed by atoms with Gasteiger partial charge in [0.15, 0.2) is 0 Å². The fourth-order valence-corrected chi connectivity index (χ4v) is 1.90. The van der Waals surface area contributed by atoms with Gasteiger partial charge in [0.1, 0.15) is 17.0 Å². The highest BCUT2D eigenvalue weighted by atomic mass is 35.5. The molecule has 0 fully saturated rings. The Kier molecular flexibility index (Phi) is 4.74. The van der Waals surface area contributed by atoms with E-state index in [9.17, 15) is 9.59 Å². The quantitative estimate of drug-likeness (QED) is 0.862. The van der Waals surface area contributed by atoms with Crippen molar-refractivity contribution in [2.24, 2.45) is 0 Å². The van der Waals surface area contributed by atoms with Crippen LogP contribution in [0.15, 0.2) is 10.9 Å². The lowest BCUT2D eigenvalue weighted by Gasteiger charge is -2.27. The van der Waals surface area contributed by atoms with Crippen LogP contribution in [0.5, 0.6) is 0 Å². The zero-order valence-electron chi connectivity index (χ0n) is 12.0. The first kappa shape index (κ1) is 15.7. The van der Waals surface area contributed by atoms with Crippen molar-refractivity contribution >= 4 is 17.5 Å². The Morgan fingerprint density at radius 1 is 1.58 bits per heavy atom. The van der Waals surface area contributed by atoms with Gasteiger partial charge in [-0.15, -0.1) is 0 Å². The number of hydrogen-bond acceptors (Lipinski definition) is 3. The number of halogens is 1. The molecule has 1 N–H and O–H groups in total. The number of aryl methyl sites for hydroxylation is 1. The third-order valence-electron chi connectivity index (χ3n) is 3.21. The van der Waals surface area contributed by atoms with Gasteiger partial charge in [-0.2, -0.15) is 0 Å². The van der Waals surface area contributed by atoms with E-state index in [0.29, 0.717) is 5.82 Å². The number of nitrogens with zero attached hydrogens (tertiary/aromatic N) is 2. The summed E-state index contributed by atoms with van der Waals surface area (Å²) in [5.74, 6) is 0.218. The molecule has 0 aromatic carbocycles. The van der Waals surface area contributed by atoms with Gasteiger partial charge in [0.25, 0.3) is 5.56 Å². The summed E-state index contributed by atoms with van der Waals surface area (Å²) in [6.45, 7) is 9.19. The maximum Gasteiger partial charge on any atom is 0.255 e. The summed E-state index contributed by atoms with van der Waals surface area (Å²) in [7, 11) is 0. The molecule has 1 aromatic heterocycles. The summed E-state index contributed by atoms with van der Waals surface area (Å²) in [6, 6.07) is 0.589. The molecular weight excluding hydrogens is 266 g/mol. The van der Waals surface area contributed by atoms with Crippen LogP contribution >= 0.6 is 11.6 Å². The predicted octanol–water partition coefficient (Wildman–Crippen LogP) is 2.07. The Labute approximate surface area is 118 Å². The lowest BCUT2D eigenvalue weighted by atomic mass is 10.0. The Morgan fingerprint density at radius 3 is 2.63 bits per heavy atom. The van der Waals surface area contributed by atoms with E-state index in [0.717, 1.165) is 6.42 Å². The van der Waals surface area contributed by atoms with Crippen LogP contribution in [0.1, 0.15) is 46.0 Å². The van der Waals surface area contributed by atoms with Crippen molar-refractivity contribution in [1.82, 2.24) is 14.9 Å². The van der Waals surface area contributed by atoms with Crippen LogP contribution in [0, 0.1) is 6.92 Å². The molecule has 6 heteroatoms. The molecule has 1 unspecified atom stereocenters. The smallest absolute Gasteiger partial charge is 0.255 e. The van der Waals surface area contributed by atoms with Crippen molar-refractivity contribution in [3.63, 3.8) is 0 Å². The van der Waals surface area contributed by atoms with Crippen LogP contribution < -0.4 is 10.9 Å². The lowest BCUT2D eigenvalue weighted by molar-refractivity contribution is -0.125. The molecule has 5 nitrogen and oxygen atoms in total. The number of rotatable bonds is 4. The summed E-state index contributed by atoms with van der Waals surface area (Å²) in [5.41, 5.74) is -0.627. The van der Waals surface area contributed by atoms with Gasteiger partial charge in [0.05, 0.1) is 0 Å². The van der Waals surface area contributed by atoms with Gasteiger partial charge in [0.2, 0.25) is 5.91 Å². The zero-order chi connectivity index (χ0) is 14.8. The van der Waals surface area contributed by atoms with Crippen LogP contribution in [0.25, 0.3) is 0 Å². The van der Waals surface area contributed by atoms with Gasteiger partial charge < -0.3 is 5.32 Å². The first-order chi connectivity index (χ1) is 8.68. The molecule has 1 aromatic rings. The largest absolute Gasteiger partial charge is 0.349 e. The molecule has 106 valence electrons. The van der Waals surface area contributed by atoms with Crippen molar-refractivity contribution in [2.75, 3.05) is 0 Å². The number of amides is 1. The van der Waals surface area contributed by atoms with Gasteiger partial charge >= 0.3 is 0 Å². The molecule has 0 spiro atoms. The standard InChI is InChI=1S/C13H20ClN3O2/c1-6-13(4,5)16-12(19)8(2)17-9(3)15-10(14)7-11(17)18/h7-8H,6H2,1-5H3,(H,16,19). The zero-order valence-corrected chi connectivity index (χ0v) is 12.7. The summed E-state index contributed by atoms with van der Waals surface area (Å²) in [5, 5.41) is 3.05. The first-order valence-electron chi connectivity index (χ1n) is 6.25. The molecule has 0 bridgehead atoms. The van der Waals surface area contributed by atoms with E-state index in [1.165, 1.54) is 10.6 Å². The second kappa shape index (κ2) is 5.74. The molecule has 0 saturated carbocycles. The highest BCUT2D eigenvalue weighted by Crippen LogP contribution is 2.12. The topological polar surface area (TPSA) is 64.0 Å². The molecule has 0 radical (unpaired) electrons. The fourth-order valence-electron chi connectivity index (χ4n) is 1.69. The number of aromatic nitrogens is 2. The highest BCUT2D eigenvalue weighted by molar-refractivity contribution is 6.29. The number of nitrogens with one attached hydrogen (secondary N) is 1. The molecule has 19 heavy (non-hydrogen) atoms. The van der Waals surface area contributed by atoms with E-state index in [1.54, 1.807) is 13.8 Å². The van der Waals surface area contributed by atoms with Crippen LogP contribution in [0.4, 0.5) is 0 Å². The molecule has 1 amide bonds. The molecule has 1 heterocycles. The summed E-state index contributed by atoms with van der Waals surface area (Å²) in [6.07, 6.45) is 0.804. The third-order valence-corrected chi connectivity index (χ3v) is 3.40. The van der Waals surface area contributed by atoms with Crippen LogP contribution in [0.2, 0.25) is 5.15 Å². The number of hydrogen-bond donors (Lipinski definition) is 1. The third kappa shape index (κ3) is 3.80. The molecule has 0 aliphatic heterocycles. The van der Waals surface area contributed by atoms with Crippen molar-refractivity contribution in [3.8, 4) is 0 Å². The summed E-state index contributed by atoms with van der Waals surface area (Å²) < 4.78 is 1.34. The SMILES string of the molecule is CCC(C)(C)NC(=O)C(C)n1c(C)nc(Cl)cc1=O. The second-order valence-electron chi connectivity index (χ2n) is 5.24. The minimum atomic E-state index is -0.622. The van der Waals surface area contributed by atoms with Crippen molar-refractivity contribution in [1.29, 1.82) is 0 Å². The van der Waals surface area contributed by atoms with Crippen molar-refractivity contribution in [3.05, 3.63) is 27.4 Å². The van der Waals surface area contributed by atoms with Gasteiger partial charge in [-0.1, -0.05) is 18.5 Å². The van der Waals surface area contributed by atoms with Crippen LogP contribution in [0.3, 0.4) is 0 Å². The Balaban J connectivity index is 3.05. The van der Waals surface area contributed by atoms with Gasteiger partial charge in [0, 0.05) is 11.6 Å². The maximum absolute atomic E-state index is 12.2. The minimum Gasteiger partial charge on any atom is -0.349 e. The van der Waals surface area contributed by atoms with E-state index in [4.69, 9.17) is 11.6 Å². The molecule has 0 aliphatic carbocycles. The summed E-state index contributed by atoms with van der Waals surface area (Å²) in [4.78, 5) is 28.1. The number of carbonyl (C=O) groups is 1. The lowest BCUT2D eigenvalue weighted by Crippen LogP contribution is -2.47. The normalized spacial score (nSPS) is 13.2. The van der Waals surface area contributed by atoms with Crippen molar-refractivity contribution < 1.29 is 4.79 Å². The minimum absolute atomic E-state index is 0.139. The fraction of sp³-hybridized carbons (Fsp3) is 0.615. The highest BCUT2D eigenvalue weighted by Gasteiger charge is 2.24. The van der Waals surface area contributed by atoms with E-state index < -0.39 is 6.04 Å². The average molecular weight is 286 g/mol. The van der Waals surface area contributed by atoms with E-state index in [-0.39, 0.29) is 22.2 Å². The average Bonchev–Trinajstić information content (AvgIpc) is 2.26. The van der Waals surface area contributed by atoms with Crippen LogP contribution in [-0.2, 0) is 4.79 Å². The molecule has 0 aliphatic rings. The monoisotopic (exact) mass is 285 g/mol. The number of carbonyl (C=O) groups excluding carboxylic acids is 1. The molecule has 1 atom stereocenters. The molecular formula is C13H20ClN3O2.